The molecule has 2 aromatic carbocycles. The van der Waals surface area contributed by atoms with Crippen LogP contribution in [0, 0.1) is 18.3 Å². The number of nitriles is 1. The Balaban J connectivity index is 1.88. The molecule has 0 saturated heterocycles. The summed E-state index contributed by atoms with van der Waals surface area (Å²) in [4.78, 5) is 15.9. The quantitative estimate of drug-likeness (QED) is 0.636. The lowest BCUT2D eigenvalue weighted by molar-refractivity contribution is -0.120. The first-order valence-electron chi connectivity index (χ1n) is 10.4. The van der Waals surface area contributed by atoms with E-state index in [9.17, 15) is 10.1 Å². The first-order chi connectivity index (χ1) is 15.4. The Kier molecular flexibility index (Phi) is 4.50. The van der Waals surface area contributed by atoms with Crippen LogP contribution in [0.15, 0.2) is 59.9 Å². The third kappa shape index (κ3) is 2.47. The minimum atomic E-state index is -1.36. The molecular formula is C24H21ClN6O. The van der Waals surface area contributed by atoms with E-state index in [0.29, 0.717) is 28.6 Å². The van der Waals surface area contributed by atoms with Gasteiger partial charge in [0.2, 0.25) is 5.91 Å². The summed E-state index contributed by atoms with van der Waals surface area (Å²) in [5, 5.41) is 18.6. The van der Waals surface area contributed by atoms with Gasteiger partial charge in [0.25, 0.3) is 0 Å². The molecule has 1 spiro atoms. The number of benzene rings is 2. The van der Waals surface area contributed by atoms with Crippen LogP contribution in [0.4, 0.5) is 11.5 Å². The molecule has 1 unspecified atom stereocenters. The summed E-state index contributed by atoms with van der Waals surface area (Å²) < 4.78 is 1.69. The molecule has 0 fully saturated rings. The second-order valence-electron chi connectivity index (χ2n) is 7.95. The molecule has 2 aliphatic rings. The molecule has 3 heterocycles. The number of anilines is 2. The number of hydrogen-bond donors (Lipinski definition) is 2. The van der Waals surface area contributed by atoms with Crippen molar-refractivity contribution in [2.75, 3.05) is 16.8 Å². The lowest BCUT2D eigenvalue weighted by atomic mass is 9.68. The predicted molar refractivity (Wildman–Crippen MR) is 124 cm³/mol. The van der Waals surface area contributed by atoms with Crippen molar-refractivity contribution < 1.29 is 4.79 Å². The highest BCUT2D eigenvalue weighted by atomic mass is 35.5. The Labute approximate surface area is 190 Å². The molecule has 160 valence electrons. The van der Waals surface area contributed by atoms with Gasteiger partial charge in [0, 0.05) is 28.4 Å². The van der Waals surface area contributed by atoms with Gasteiger partial charge in [0.15, 0.2) is 0 Å². The van der Waals surface area contributed by atoms with Crippen LogP contribution < -0.4 is 16.0 Å². The van der Waals surface area contributed by atoms with E-state index in [1.54, 1.807) is 21.7 Å². The van der Waals surface area contributed by atoms with Crippen molar-refractivity contribution in [3.05, 3.63) is 81.8 Å². The fourth-order valence-corrected chi connectivity index (χ4v) is 5.11. The van der Waals surface area contributed by atoms with Crippen molar-refractivity contribution in [3.63, 3.8) is 0 Å². The topological polar surface area (TPSA) is 100.0 Å². The summed E-state index contributed by atoms with van der Waals surface area (Å²) in [5.74, 6) is 0.518. The number of carbonyl (C=O) groups is 1. The number of carbonyl (C=O) groups excluding carboxylic acids is 1. The zero-order chi connectivity index (χ0) is 22.6. The van der Waals surface area contributed by atoms with E-state index in [4.69, 9.17) is 22.4 Å². The third-order valence-electron chi connectivity index (χ3n) is 6.11. The van der Waals surface area contributed by atoms with Gasteiger partial charge in [0.05, 0.1) is 17.0 Å². The molecule has 32 heavy (non-hydrogen) atoms. The summed E-state index contributed by atoms with van der Waals surface area (Å²) >= 11 is 6.22. The van der Waals surface area contributed by atoms with Crippen molar-refractivity contribution in [2.24, 2.45) is 5.73 Å². The number of para-hydroxylation sites is 1. The van der Waals surface area contributed by atoms with E-state index in [1.807, 2.05) is 50.2 Å². The second kappa shape index (κ2) is 7.14. The monoisotopic (exact) mass is 444 g/mol. The SMILES string of the molecule is CCCN1C(=O)C2(C(C#N)=C(N)Nc3c2c(C)nn3-c2cccc(Cl)c2)c2ccccc21. The van der Waals surface area contributed by atoms with E-state index in [2.05, 4.69) is 11.4 Å². The smallest absolute Gasteiger partial charge is 0.247 e. The van der Waals surface area contributed by atoms with E-state index in [0.717, 1.165) is 23.4 Å². The number of nitrogens with zero attached hydrogens (tertiary/aromatic N) is 4. The number of halogens is 1. The molecule has 7 nitrogen and oxygen atoms in total. The highest BCUT2D eigenvalue weighted by Gasteiger charge is 2.60. The van der Waals surface area contributed by atoms with Gasteiger partial charge in [-0.3, -0.25) is 4.79 Å². The average molecular weight is 445 g/mol. The Morgan fingerprint density at radius 1 is 1.25 bits per heavy atom. The van der Waals surface area contributed by atoms with E-state index in [1.165, 1.54) is 0 Å². The number of nitrogens with one attached hydrogen (secondary N) is 1. The summed E-state index contributed by atoms with van der Waals surface area (Å²) in [6.07, 6.45) is 0.781. The van der Waals surface area contributed by atoms with Crippen LogP contribution in [0.2, 0.25) is 5.02 Å². The summed E-state index contributed by atoms with van der Waals surface area (Å²) in [6, 6.07) is 17.1. The van der Waals surface area contributed by atoms with E-state index in [-0.39, 0.29) is 17.3 Å². The van der Waals surface area contributed by atoms with Crippen molar-refractivity contribution in [3.8, 4) is 11.8 Å². The fourth-order valence-electron chi connectivity index (χ4n) is 4.93. The lowest BCUT2D eigenvalue weighted by Crippen LogP contribution is -2.46. The van der Waals surface area contributed by atoms with Crippen LogP contribution in [-0.4, -0.2) is 22.2 Å². The largest absolute Gasteiger partial charge is 0.384 e. The molecule has 1 amide bonds. The normalized spacial score (nSPS) is 19.1. The van der Waals surface area contributed by atoms with Crippen molar-refractivity contribution >= 4 is 29.0 Å². The molecule has 5 rings (SSSR count). The minimum Gasteiger partial charge on any atom is -0.384 e. The first kappa shape index (κ1) is 20.2. The zero-order valence-corrected chi connectivity index (χ0v) is 18.4. The average Bonchev–Trinajstić information content (AvgIpc) is 3.23. The summed E-state index contributed by atoms with van der Waals surface area (Å²) in [6.45, 7) is 4.41. The molecular weight excluding hydrogens is 424 g/mol. The van der Waals surface area contributed by atoms with Crippen molar-refractivity contribution in [1.29, 1.82) is 5.26 Å². The maximum Gasteiger partial charge on any atom is 0.247 e. The van der Waals surface area contributed by atoms with Crippen LogP contribution in [0.1, 0.15) is 30.2 Å². The Morgan fingerprint density at radius 2 is 2.03 bits per heavy atom. The predicted octanol–water partition coefficient (Wildman–Crippen LogP) is 4.00. The number of nitrogens with two attached hydrogens (primary N) is 1. The number of rotatable bonds is 3. The molecule has 0 radical (unpaired) electrons. The van der Waals surface area contributed by atoms with Gasteiger partial charge in [0.1, 0.15) is 23.1 Å². The van der Waals surface area contributed by atoms with Crippen molar-refractivity contribution in [2.45, 2.75) is 25.7 Å². The van der Waals surface area contributed by atoms with Crippen LogP contribution >= 0.6 is 11.6 Å². The van der Waals surface area contributed by atoms with Crippen LogP contribution in [0.5, 0.6) is 0 Å². The minimum absolute atomic E-state index is 0.143. The molecule has 2 aliphatic heterocycles. The van der Waals surface area contributed by atoms with Crippen LogP contribution in [0.25, 0.3) is 5.69 Å². The van der Waals surface area contributed by atoms with E-state index >= 15 is 0 Å². The van der Waals surface area contributed by atoms with Gasteiger partial charge in [-0.05, 0) is 37.6 Å². The molecule has 1 aromatic heterocycles. The maximum atomic E-state index is 14.2. The number of amides is 1. The van der Waals surface area contributed by atoms with Gasteiger partial charge in [-0.2, -0.15) is 10.4 Å². The van der Waals surface area contributed by atoms with Crippen LogP contribution in [-0.2, 0) is 10.2 Å². The third-order valence-corrected chi connectivity index (χ3v) is 6.34. The molecule has 3 N–H and O–H groups in total. The second-order valence-corrected chi connectivity index (χ2v) is 8.39. The first-order valence-corrected chi connectivity index (χ1v) is 10.8. The van der Waals surface area contributed by atoms with Gasteiger partial charge in [-0.1, -0.05) is 42.8 Å². The standard InChI is InChI=1S/C24H21ClN6O/c1-3-11-30-19-10-5-4-9-17(19)24(23(30)32)18(13-26)21(27)28-22-20(24)14(2)29-31(22)16-8-6-7-15(25)12-16/h4-10,12,28H,3,11,27H2,1-2H3. The molecule has 0 bridgehead atoms. The number of fused-ring (bicyclic) bond motifs is 4. The number of aromatic nitrogens is 2. The Bertz CT molecular complexity index is 1350. The van der Waals surface area contributed by atoms with E-state index < -0.39 is 5.41 Å². The Hall–Kier alpha value is -3.76. The maximum absolute atomic E-state index is 14.2. The summed E-state index contributed by atoms with van der Waals surface area (Å²) in [7, 11) is 0. The van der Waals surface area contributed by atoms with Crippen LogP contribution in [0.3, 0.4) is 0 Å². The fraction of sp³-hybridized carbons (Fsp3) is 0.208. The molecule has 0 aliphatic carbocycles. The number of hydrogen-bond acceptors (Lipinski definition) is 5. The molecule has 3 aromatic rings. The van der Waals surface area contributed by atoms with Gasteiger partial charge in [-0.25, -0.2) is 4.68 Å². The molecule has 8 heteroatoms. The molecule has 1 atom stereocenters. The van der Waals surface area contributed by atoms with Gasteiger partial charge >= 0.3 is 0 Å². The zero-order valence-electron chi connectivity index (χ0n) is 17.7. The van der Waals surface area contributed by atoms with Crippen molar-refractivity contribution in [1.82, 2.24) is 9.78 Å². The Morgan fingerprint density at radius 3 is 2.75 bits per heavy atom. The van der Waals surface area contributed by atoms with Gasteiger partial charge < -0.3 is 16.0 Å². The summed E-state index contributed by atoms with van der Waals surface area (Å²) in [5.41, 5.74) is 8.76. The highest BCUT2D eigenvalue weighted by Crippen LogP contribution is 2.55. The lowest BCUT2D eigenvalue weighted by Gasteiger charge is -2.34. The number of aryl methyl sites for hydroxylation is 1. The molecule has 0 saturated carbocycles. The van der Waals surface area contributed by atoms with Gasteiger partial charge in [-0.15, -0.1) is 0 Å². The highest BCUT2D eigenvalue weighted by molar-refractivity contribution is 6.30.